The minimum Gasteiger partial charge on any atom is -0.480 e. The molecule has 0 spiro atoms. The van der Waals surface area contributed by atoms with Gasteiger partial charge in [-0.3, -0.25) is 4.79 Å². The molecule has 19 heavy (non-hydrogen) atoms. The number of hydrogen-bond donors (Lipinski definition) is 2. The largest absolute Gasteiger partial charge is 0.480 e. The predicted molar refractivity (Wildman–Crippen MR) is 77.2 cm³/mol. The van der Waals surface area contributed by atoms with Crippen LogP contribution in [0.25, 0.3) is 0 Å². The zero-order valence-electron chi connectivity index (χ0n) is 11.4. The summed E-state index contributed by atoms with van der Waals surface area (Å²) in [7, 11) is 0. The van der Waals surface area contributed by atoms with Gasteiger partial charge in [-0.05, 0) is 26.3 Å². The molecule has 5 heteroatoms. The number of amides is 1. The Bertz CT molecular complexity index is 472. The van der Waals surface area contributed by atoms with Crippen LogP contribution in [0.3, 0.4) is 0 Å². The highest BCUT2D eigenvalue weighted by Gasteiger charge is 2.28. The third-order valence-electron chi connectivity index (χ3n) is 2.57. The Hall–Kier alpha value is -1.49. The minimum absolute atomic E-state index is 0.255. The molecule has 104 valence electrons. The zero-order chi connectivity index (χ0) is 14.5. The number of nitrogens with one attached hydrogen (secondary N) is 1. The maximum atomic E-state index is 11.6. The van der Waals surface area contributed by atoms with Gasteiger partial charge in [-0.2, -0.15) is 0 Å². The Labute approximate surface area is 117 Å². The molecule has 1 aromatic carbocycles. The van der Waals surface area contributed by atoms with Crippen LogP contribution in [0.15, 0.2) is 24.3 Å². The lowest BCUT2D eigenvalue weighted by Crippen LogP contribution is -2.50. The number of aryl methyl sites for hydroxylation is 1. The summed E-state index contributed by atoms with van der Waals surface area (Å²) in [6.07, 6.45) is 0. The molecule has 0 heterocycles. The van der Waals surface area contributed by atoms with Crippen LogP contribution >= 0.6 is 11.8 Å². The van der Waals surface area contributed by atoms with Crippen LogP contribution < -0.4 is 5.32 Å². The van der Waals surface area contributed by atoms with E-state index in [0.29, 0.717) is 0 Å². The molecular formula is C14H19NO3S. The van der Waals surface area contributed by atoms with E-state index in [-0.39, 0.29) is 11.7 Å². The molecule has 0 aliphatic rings. The van der Waals surface area contributed by atoms with Crippen molar-refractivity contribution in [2.45, 2.75) is 32.1 Å². The molecule has 0 aromatic heterocycles. The van der Waals surface area contributed by atoms with E-state index >= 15 is 0 Å². The van der Waals surface area contributed by atoms with Crippen molar-refractivity contribution in [3.05, 3.63) is 35.4 Å². The number of carboxylic acids is 1. The molecule has 0 saturated carbocycles. The SMILES string of the molecule is Cc1cccc(CSCC(=O)NC(C)(C)C(=O)O)c1. The van der Waals surface area contributed by atoms with Crippen LogP contribution in [0.4, 0.5) is 0 Å². The Kier molecular flexibility index (Phi) is 5.42. The summed E-state index contributed by atoms with van der Waals surface area (Å²) in [5.41, 5.74) is 1.13. The van der Waals surface area contributed by atoms with Gasteiger partial charge in [0.2, 0.25) is 5.91 Å². The summed E-state index contributed by atoms with van der Waals surface area (Å²) in [5, 5.41) is 11.4. The molecule has 0 aliphatic carbocycles. The molecule has 1 aromatic rings. The molecule has 0 fully saturated rings. The first-order chi connectivity index (χ1) is 8.81. The van der Waals surface area contributed by atoms with Gasteiger partial charge in [0, 0.05) is 5.75 Å². The molecule has 0 unspecified atom stereocenters. The first kappa shape index (κ1) is 15.6. The first-order valence-corrected chi connectivity index (χ1v) is 7.14. The van der Waals surface area contributed by atoms with Crippen molar-refractivity contribution in [1.82, 2.24) is 5.32 Å². The van der Waals surface area contributed by atoms with E-state index in [9.17, 15) is 9.59 Å². The molecule has 0 bridgehead atoms. The number of hydrogen-bond acceptors (Lipinski definition) is 3. The van der Waals surface area contributed by atoms with Gasteiger partial charge >= 0.3 is 5.97 Å². The smallest absolute Gasteiger partial charge is 0.328 e. The van der Waals surface area contributed by atoms with Crippen LogP contribution in [-0.4, -0.2) is 28.3 Å². The maximum absolute atomic E-state index is 11.6. The van der Waals surface area contributed by atoms with Crippen LogP contribution in [0, 0.1) is 6.92 Å². The molecule has 2 N–H and O–H groups in total. The molecule has 0 saturated heterocycles. The van der Waals surface area contributed by atoms with Crippen molar-refractivity contribution < 1.29 is 14.7 Å². The Morgan fingerprint density at radius 2 is 2.05 bits per heavy atom. The summed E-state index contributed by atoms with van der Waals surface area (Å²) < 4.78 is 0. The highest BCUT2D eigenvalue weighted by atomic mass is 32.2. The molecule has 0 aliphatic heterocycles. The van der Waals surface area contributed by atoms with Gasteiger partial charge in [0.05, 0.1) is 5.75 Å². The van der Waals surface area contributed by atoms with Gasteiger partial charge < -0.3 is 10.4 Å². The summed E-state index contributed by atoms with van der Waals surface area (Å²) in [6, 6.07) is 8.10. The second-order valence-electron chi connectivity index (χ2n) is 4.96. The van der Waals surface area contributed by atoms with Crippen molar-refractivity contribution in [1.29, 1.82) is 0 Å². The van der Waals surface area contributed by atoms with Gasteiger partial charge in [0.1, 0.15) is 5.54 Å². The Morgan fingerprint density at radius 3 is 2.63 bits per heavy atom. The minimum atomic E-state index is -1.22. The third kappa shape index (κ3) is 5.34. The van der Waals surface area contributed by atoms with Crippen LogP contribution in [0.2, 0.25) is 0 Å². The summed E-state index contributed by atoms with van der Waals surface area (Å²) >= 11 is 1.47. The molecule has 0 atom stereocenters. The number of benzene rings is 1. The average Bonchev–Trinajstić information content (AvgIpc) is 2.28. The molecule has 4 nitrogen and oxygen atoms in total. The quantitative estimate of drug-likeness (QED) is 0.839. The van der Waals surface area contributed by atoms with E-state index in [2.05, 4.69) is 11.4 Å². The fourth-order valence-corrected chi connectivity index (χ4v) is 2.28. The average molecular weight is 281 g/mol. The van der Waals surface area contributed by atoms with E-state index in [1.165, 1.54) is 31.2 Å². The molecule has 0 radical (unpaired) electrons. The second kappa shape index (κ2) is 6.61. The van der Waals surface area contributed by atoms with Crippen LogP contribution in [0.5, 0.6) is 0 Å². The summed E-state index contributed by atoms with van der Waals surface area (Å²) in [6.45, 7) is 4.97. The molecular weight excluding hydrogens is 262 g/mol. The third-order valence-corrected chi connectivity index (χ3v) is 3.57. The molecule has 1 rings (SSSR count). The van der Waals surface area contributed by atoms with E-state index in [0.717, 1.165) is 11.3 Å². The number of carbonyl (C=O) groups excluding carboxylic acids is 1. The highest BCUT2D eigenvalue weighted by molar-refractivity contribution is 7.99. The lowest BCUT2D eigenvalue weighted by Gasteiger charge is -2.20. The highest BCUT2D eigenvalue weighted by Crippen LogP contribution is 2.13. The Morgan fingerprint density at radius 1 is 1.37 bits per heavy atom. The Balaban J connectivity index is 2.37. The lowest BCUT2D eigenvalue weighted by molar-refractivity contribution is -0.145. The second-order valence-corrected chi connectivity index (χ2v) is 5.95. The van der Waals surface area contributed by atoms with Crippen LogP contribution in [0.1, 0.15) is 25.0 Å². The van der Waals surface area contributed by atoms with E-state index in [4.69, 9.17) is 5.11 Å². The fourth-order valence-electron chi connectivity index (χ4n) is 1.50. The van der Waals surface area contributed by atoms with Gasteiger partial charge in [-0.1, -0.05) is 29.8 Å². The van der Waals surface area contributed by atoms with Gasteiger partial charge in [0.25, 0.3) is 0 Å². The zero-order valence-corrected chi connectivity index (χ0v) is 12.2. The summed E-state index contributed by atoms with van der Waals surface area (Å²) in [5.74, 6) is -0.303. The van der Waals surface area contributed by atoms with Crippen LogP contribution in [-0.2, 0) is 15.3 Å². The lowest BCUT2D eigenvalue weighted by atomic mass is 10.1. The van der Waals surface area contributed by atoms with Crippen molar-refractivity contribution in [2.24, 2.45) is 0 Å². The number of rotatable bonds is 6. The van der Waals surface area contributed by atoms with E-state index in [1.54, 1.807) is 0 Å². The number of carbonyl (C=O) groups is 2. The van der Waals surface area contributed by atoms with Gasteiger partial charge in [0.15, 0.2) is 0 Å². The predicted octanol–water partition coefficient (Wildman–Crippen LogP) is 2.21. The van der Waals surface area contributed by atoms with Crippen molar-refractivity contribution in [2.75, 3.05) is 5.75 Å². The van der Waals surface area contributed by atoms with Gasteiger partial charge in [-0.15, -0.1) is 11.8 Å². The molecule has 1 amide bonds. The van der Waals surface area contributed by atoms with E-state index in [1.807, 2.05) is 25.1 Å². The number of carboxylic acid groups (broad SMARTS) is 1. The van der Waals surface area contributed by atoms with Gasteiger partial charge in [-0.25, -0.2) is 4.79 Å². The number of aliphatic carboxylic acids is 1. The maximum Gasteiger partial charge on any atom is 0.328 e. The van der Waals surface area contributed by atoms with Crippen molar-refractivity contribution >= 4 is 23.6 Å². The van der Waals surface area contributed by atoms with Crippen molar-refractivity contribution in [3.63, 3.8) is 0 Å². The van der Waals surface area contributed by atoms with Crippen molar-refractivity contribution in [3.8, 4) is 0 Å². The summed E-state index contributed by atoms with van der Waals surface area (Å²) in [4.78, 5) is 22.5. The monoisotopic (exact) mass is 281 g/mol. The number of thioether (sulfide) groups is 1. The topological polar surface area (TPSA) is 66.4 Å². The first-order valence-electron chi connectivity index (χ1n) is 5.99. The fraction of sp³-hybridized carbons (Fsp3) is 0.429. The van der Waals surface area contributed by atoms with E-state index < -0.39 is 11.5 Å². The normalized spacial score (nSPS) is 11.1. The standard InChI is InChI=1S/C14H19NO3S/c1-10-5-4-6-11(7-10)8-19-9-12(16)15-14(2,3)13(17)18/h4-7H,8-9H2,1-3H3,(H,15,16)(H,17,18).